The highest BCUT2D eigenvalue weighted by Crippen LogP contribution is 2.32. The smallest absolute Gasteiger partial charge is 0.278 e. The molecule has 2 heterocycles. The lowest BCUT2D eigenvalue weighted by molar-refractivity contribution is -0.121. The van der Waals surface area contributed by atoms with Crippen molar-refractivity contribution in [3.05, 3.63) is 58.0 Å². The fourth-order valence-electron chi connectivity index (χ4n) is 3.13. The first kappa shape index (κ1) is 17.8. The topological polar surface area (TPSA) is 84.3 Å². The molecule has 0 bridgehead atoms. The summed E-state index contributed by atoms with van der Waals surface area (Å²) in [4.78, 5) is 38.5. The molecule has 1 unspecified atom stereocenters. The van der Waals surface area contributed by atoms with Crippen molar-refractivity contribution in [3.8, 4) is 0 Å². The SMILES string of the molecule is CCCNC(=O)Cn1nc(C(=O)N2c3ccccc3CC2C)ccc1=O. The van der Waals surface area contributed by atoms with Crippen LogP contribution in [0.1, 0.15) is 36.3 Å². The van der Waals surface area contributed by atoms with Gasteiger partial charge in [0.15, 0.2) is 0 Å². The molecule has 1 aromatic carbocycles. The molecule has 26 heavy (non-hydrogen) atoms. The Morgan fingerprint density at radius 3 is 2.77 bits per heavy atom. The average Bonchev–Trinajstić information content (AvgIpc) is 2.97. The third-order valence-electron chi connectivity index (χ3n) is 4.38. The second kappa shape index (κ2) is 7.51. The van der Waals surface area contributed by atoms with Crippen molar-refractivity contribution in [2.24, 2.45) is 0 Å². The number of carbonyl (C=O) groups is 2. The Balaban J connectivity index is 1.86. The zero-order chi connectivity index (χ0) is 18.7. The van der Waals surface area contributed by atoms with Gasteiger partial charge < -0.3 is 10.2 Å². The number of anilines is 1. The van der Waals surface area contributed by atoms with Crippen LogP contribution in [0.2, 0.25) is 0 Å². The van der Waals surface area contributed by atoms with E-state index in [0.29, 0.717) is 6.54 Å². The number of nitrogens with zero attached hydrogens (tertiary/aromatic N) is 3. The van der Waals surface area contributed by atoms with Crippen LogP contribution in [0, 0.1) is 0 Å². The van der Waals surface area contributed by atoms with Crippen LogP contribution in [-0.4, -0.2) is 34.2 Å². The molecule has 0 aliphatic carbocycles. The van der Waals surface area contributed by atoms with Crippen LogP contribution in [0.3, 0.4) is 0 Å². The highest BCUT2D eigenvalue weighted by Gasteiger charge is 2.32. The van der Waals surface area contributed by atoms with Crippen LogP contribution in [0.4, 0.5) is 5.69 Å². The number of rotatable bonds is 5. The molecular formula is C19H22N4O3. The van der Waals surface area contributed by atoms with Crippen LogP contribution >= 0.6 is 0 Å². The molecule has 0 fully saturated rings. The molecule has 3 rings (SSSR count). The molecule has 7 nitrogen and oxygen atoms in total. The van der Waals surface area contributed by atoms with E-state index in [-0.39, 0.29) is 30.1 Å². The molecule has 0 radical (unpaired) electrons. The molecule has 7 heteroatoms. The predicted molar refractivity (Wildman–Crippen MR) is 98.2 cm³/mol. The zero-order valence-electron chi connectivity index (χ0n) is 14.9. The van der Waals surface area contributed by atoms with E-state index >= 15 is 0 Å². The lowest BCUT2D eigenvalue weighted by atomic mass is 10.1. The summed E-state index contributed by atoms with van der Waals surface area (Å²) in [6.07, 6.45) is 1.58. The summed E-state index contributed by atoms with van der Waals surface area (Å²) >= 11 is 0. The summed E-state index contributed by atoms with van der Waals surface area (Å²) < 4.78 is 1.03. The van der Waals surface area contributed by atoms with Crippen LogP contribution in [0.15, 0.2) is 41.2 Å². The van der Waals surface area contributed by atoms with E-state index in [2.05, 4.69) is 10.4 Å². The van der Waals surface area contributed by atoms with Gasteiger partial charge in [0.2, 0.25) is 5.91 Å². The van der Waals surface area contributed by atoms with Crippen molar-refractivity contribution >= 4 is 17.5 Å². The lowest BCUT2D eigenvalue weighted by Crippen LogP contribution is -2.39. The van der Waals surface area contributed by atoms with Crippen molar-refractivity contribution in [1.29, 1.82) is 0 Å². The molecule has 0 saturated carbocycles. The molecule has 1 aliphatic heterocycles. The number of benzene rings is 1. The van der Waals surface area contributed by atoms with Gasteiger partial charge in [-0.2, -0.15) is 5.10 Å². The predicted octanol–water partition coefficient (Wildman–Crippen LogP) is 1.36. The van der Waals surface area contributed by atoms with Gasteiger partial charge in [0.25, 0.3) is 11.5 Å². The molecule has 1 atom stereocenters. The van der Waals surface area contributed by atoms with Crippen LogP contribution in [-0.2, 0) is 17.8 Å². The monoisotopic (exact) mass is 354 g/mol. The first-order chi connectivity index (χ1) is 12.5. The third kappa shape index (κ3) is 3.51. The Morgan fingerprint density at radius 2 is 2.00 bits per heavy atom. The standard InChI is InChI=1S/C19H22N4O3/c1-3-10-20-17(24)12-22-18(25)9-8-15(21-22)19(26)23-13(2)11-14-6-4-5-7-16(14)23/h4-9,13H,3,10-12H2,1-2H3,(H,20,24). The van der Waals surface area contributed by atoms with Gasteiger partial charge >= 0.3 is 0 Å². The lowest BCUT2D eigenvalue weighted by Gasteiger charge is -2.22. The van der Waals surface area contributed by atoms with E-state index in [0.717, 1.165) is 28.8 Å². The number of amides is 2. The minimum atomic E-state index is -0.414. The average molecular weight is 354 g/mol. The normalized spacial score (nSPS) is 15.6. The largest absolute Gasteiger partial charge is 0.355 e. The van der Waals surface area contributed by atoms with Gasteiger partial charge in [-0.05, 0) is 37.5 Å². The molecule has 1 aliphatic rings. The summed E-state index contributed by atoms with van der Waals surface area (Å²) in [6.45, 7) is 4.26. The Bertz CT molecular complexity index is 890. The fourth-order valence-corrected chi connectivity index (χ4v) is 3.13. The summed E-state index contributed by atoms with van der Waals surface area (Å²) in [6, 6.07) is 10.5. The first-order valence-corrected chi connectivity index (χ1v) is 8.77. The maximum Gasteiger partial charge on any atom is 0.278 e. The van der Waals surface area contributed by atoms with Crippen molar-refractivity contribution in [2.75, 3.05) is 11.4 Å². The number of hydrogen-bond donors (Lipinski definition) is 1. The first-order valence-electron chi connectivity index (χ1n) is 8.77. The van der Waals surface area contributed by atoms with Crippen molar-refractivity contribution in [1.82, 2.24) is 15.1 Å². The summed E-state index contributed by atoms with van der Waals surface area (Å²) in [7, 11) is 0. The molecular weight excluding hydrogens is 332 g/mol. The van der Waals surface area contributed by atoms with Gasteiger partial charge in [-0.3, -0.25) is 14.4 Å². The number of para-hydroxylation sites is 1. The van der Waals surface area contributed by atoms with Crippen LogP contribution < -0.4 is 15.8 Å². The van der Waals surface area contributed by atoms with Crippen molar-refractivity contribution in [3.63, 3.8) is 0 Å². The molecule has 136 valence electrons. The van der Waals surface area contributed by atoms with Gasteiger partial charge in [0.05, 0.1) is 0 Å². The number of hydrogen-bond acceptors (Lipinski definition) is 4. The minimum Gasteiger partial charge on any atom is -0.355 e. The van der Waals surface area contributed by atoms with Crippen LogP contribution in [0.25, 0.3) is 0 Å². The summed E-state index contributed by atoms with van der Waals surface area (Å²) in [5.41, 5.74) is 1.71. The van der Waals surface area contributed by atoms with E-state index in [1.54, 1.807) is 4.90 Å². The second-order valence-electron chi connectivity index (χ2n) is 6.42. The maximum atomic E-state index is 13.0. The van der Waals surface area contributed by atoms with E-state index in [9.17, 15) is 14.4 Å². The second-order valence-corrected chi connectivity index (χ2v) is 6.42. The van der Waals surface area contributed by atoms with Gasteiger partial charge in [0.1, 0.15) is 12.2 Å². The van der Waals surface area contributed by atoms with E-state index in [1.807, 2.05) is 38.1 Å². The third-order valence-corrected chi connectivity index (χ3v) is 4.38. The fraction of sp³-hybridized carbons (Fsp3) is 0.368. The van der Waals surface area contributed by atoms with Gasteiger partial charge in [-0.25, -0.2) is 4.68 Å². The molecule has 2 amide bonds. The highest BCUT2D eigenvalue weighted by atomic mass is 16.2. The number of aromatic nitrogens is 2. The zero-order valence-corrected chi connectivity index (χ0v) is 14.9. The van der Waals surface area contributed by atoms with Crippen molar-refractivity contribution in [2.45, 2.75) is 39.3 Å². The van der Waals surface area contributed by atoms with Crippen molar-refractivity contribution < 1.29 is 9.59 Å². The molecule has 1 N–H and O–H groups in total. The Hall–Kier alpha value is -2.96. The summed E-state index contributed by atoms with van der Waals surface area (Å²) in [5, 5.41) is 6.82. The molecule has 0 spiro atoms. The van der Waals surface area contributed by atoms with E-state index < -0.39 is 5.56 Å². The van der Waals surface area contributed by atoms with E-state index in [4.69, 9.17) is 0 Å². The molecule has 0 saturated heterocycles. The van der Waals surface area contributed by atoms with Gasteiger partial charge in [-0.15, -0.1) is 0 Å². The van der Waals surface area contributed by atoms with E-state index in [1.165, 1.54) is 12.1 Å². The molecule has 1 aromatic heterocycles. The summed E-state index contributed by atoms with van der Waals surface area (Å²) in [5.74, 6) is -0.573. The number of nitrogens with one attached hydrogen (secondary N) is 1. The minimum absolute atomic E-state index is 0.00920. The number of fused-ring (bicyclic) bond motifs is 1. The molecule has 2 aromatic rings. The Morgan fingerprint density at radius 1 is 1.23 bits per heavy atom. The number of carbonyl (C=O) groups excluding carboxylic acids is 2. The maximum absolute atomic E-state index is 13.0. The van der Waals surface area contributed by atoms with Gasteiger partial charge in [0, 0.05) is 24.3 Å². The Labute approximate surface area is 151 Å². The Kier molecular flexibility index (Phi) is 5.16. The van der Waals surface area contributed by atoms with Gasteiger partial charge in [-0.1, -0.05) is 25.1 Å². The van der Waals surface area contributed by atoms with Crippen LogP contribution in [0.5, 0.6) is 0 Å². The quantitative estimate of drug-likeness (QED) is 0.879. The highest BCUT2D eigenvalue weighted by molar-refractivity contribution is 6.06.